The van der Waals surface area contributed by atoms with Crippen molar-refractivity contribution in [2.75, 3.05) is 0 Å². The van der Waals surface area contributed by atoms with Crippen LogP contribution in [0, 0.1) is 0 Å². The first-order valence-electron chi connectivity index (χ1n) is 2.61. The lowest BCUT2D eigenvalue weighted by molar-refractivity contribution is -0.0343. The Morgan fingerprint density at radius 1 is 1.56 bits per heavy atom. The van der Waals surface area contributed by atoms with E-state index in [1.54, 1.807) is 6.08 Å². The van der Waals surface area contributed by atoms with Crippen molar-refractivity contribution in [3.63, 3.8) is 0 Å². The van der Waals surface area contributed by atoms with Gasteiger partial charge in [-0.1, -0.05) is 12.2 Å². The van der Waals surface area contributed by atoms with Gasteiger partial charge in [-0.05, 0) is 19.6 Å². The van der Waals surface area contributed by atoms with Crippen LogP contribution in [0.4, 0.5) is 0 Å². The molecule has 0 aliphatic carbocycles. The lowest BCUT2D eigenvalue weighted by Gasteiger charge is -1.88. The van der Waals surface area contributed by atoms with Crippen LogP contribution in [-0.4, -0.2) is 0 Å². The predicted molar refractivity (Wildman–Crippen MR) is 35.0 cm³/mol. The zero-order valence-electron chi connectivity index (χ0n) is 5.31. The summed E-state index contributed by atoms with van der Waals surface area (Å²) in [4.78, 5) is 0. The smallest absolute Gasteiger partial charge is 0.225 e. The van der Waals surface area contributed by atoms with Crippen LogP contribution in [0.25, 0.3) is 12.7 Å². The molecule has 2 nitrogen and oxygen atoms in total. The minimum absolute atomic E-state index is 0.568. The lowest BCUT2D eigenvalue weighted by atomic mass is 10.3. The Morgan fingerprint density at radius 2 is 2.22 bits per heavy atom. The third-order valence-corrected chi connectivity index (χ3v) is 0.884. The van der Waals surface area contributed by atoms with Crippen LogP contribution in [0.3, 0.4) is 0 Å². The summed E-state index contributed by atoms with van der Waals surface area (Å²) >= 11 is 0. The van der Waals surface area contributed by atoms with Gasteiger partial charge in [-0.15, -0.1) is 0 Å². The molecule has 0 N–H and O–H groups in total. The van der Waals surface area contributed by atoms with Gasteiger partial charge in [0.05, 0.1) is 0 Å². The van der Waals surface area contributed by atoms with E-state index in [2.05, 4.69) is 22.3 Å². The Balaban J connectivity index is 3.08. The van der Waals surface area contributed by atoms with E-state index in [4.69, 9.17) is 0 Å². The van der Waals surface area contributed by atoms with Gasteiger partial charge >= 0.3 is 0 Å². The summed E-state index contributed by atoms with van der Waals surface area (Å²) in [5.74, 6) is 0. The maximum Gasteiger partial charge on any atom is 0.225 e. The second-order valence-electron chi connectivity index (χ2n) is 1.94. The molecule has 0 unspecified atom stereocenters. The quantitative estimate of drug-likeness (QED) is 0.513. The molecular formula is C7H8O2. The fourth-order valence-electron chi connectivity index (χ4n) is 0.477. The van der Waals surface area contributed by atoms with Crippen molar-refractivity contribution in [1.29, 1.82) is 0 Å². The summed E-state index contributed by atoms with van der Waals surface area (Å²) in [6.45, 7) is 9.07. The van der Waals surface area contributed by atoms with Gasteiger partial charge in [-0.2, -0.15) is 0 Å². The highest BCUT2D eigenvalue weighted by Gasteiger charge is 1.90. The highest BCUT2D eigenvalue weighted by Crippen LogP contribution is 1.85. The molecule has 0 aromatic carbocycles. The summed E-state index contributed by atoms with van der Waals surface area (Å²) in [5, 5.41) is 0. The standard InChI is InChI=1S/C7H8O2/c1-5(2)4-7-6(3)8-9-7/h4H,1,3H2,2H3/b7-4+. The normalized spacial score (nSPS) is 12.3. The molecule has 0 saturated heterocycles. The van der Waals surface area contributed by atoms with Crippen molar-refractivity contribution in [1.82, 2.24) is 0 Å². The average molecular weight is 124 g/mol. The minimum Gasteiger partial charge on any atom is -0.286 e. The molecule has 0 radical (unpaired) electrons. The molecule has 1 heterocycles. The molecule has 0 fully saturated rings. The second-order valence-corrected chi connectivity index (χ2v) is 1.94. The molecule has 1 aromatic rings. The van der Waals surface area contributed by atoms with E-state index in [1.807, 2.05) is 6.92 Å². The summed E-state index contributed by atoms with van der Waals surface area (Å²) in [6, 6.07) is 0. The molecule has 9 heavy (non-hydrogen) atoms. The second kappa shape index (κ2) is 1.97. The van der Waals surface area contributed by atoms with Gasteiger partial charge in [0.1, 0.15) is 0 Å². The van der Waals surface area contributed by atoms with Crippen molar-refractivity contribution in [2.24, 2.45) is 0 Å². The zero-order chi connectivity index (χ0) is 6.85. The van der Waals surface area contributed by atoms with E-state index in [0.29, 0.717) is 10.8 Å². The third kappa shape index (κ3) is 1.13. The van der Waals surface area contributed by atoms with Crippen LogP contribution in [0.15, 0.2) is 21.3 Å². The summed E-state index contributed by atoms with van der Waals surface area (Å²) in [6.07, 6.45) is 1.77. The Kier molecular flexibility index (Phi) is 1.30. The molecule has 1 aromatic heterocycles. The summed E-state index contributed by atoms with van der Waals surface area (Å²) in [5.41, 5.74) is 2.16. The fourth-order valence-corrected chi connectivity index (χ4v) is 0.477. The first kappa shape index (κ1) is 5.95. The van der Waals surface area contributed by atoms with Crippen molar-refractivity contribution in [3.8, 4) is 0 Å². The monoisotopic (exact) mass is 124 g/mol. The van der Waals surface area contributed by atoms with Crippen molar-refractivity contribution in [2.45, 2.75) is 6.92 Å². The SMILES string of the molecule is C=C(C)/C=c1/ooc1=C. The predicted octanol–water partition coefficient (Wildman–Crippen LogP) is 0.639. The Bertz CT molecular complexity index is 300. The summed E-state index contributed by atoms with van der Waals surface area (Å²) < 4.78 is 8.99. The fraction of sp³-hybridized carbons (Fsp3) is 0.143. The largest absolute Gasteiger partial charge is 0.286 e. The zero-order valence-corrected chi connectivity index (χ0v) is 5.31. The Labute approximate surface area is 52.7 Å². The minimum atomic E-state index is 0.568. The van der Waals surface area contributed by atoms with Crippen molar-refractivity contribution < 1.29 is 9.15 Å². The molecule has 0 atom stereocenters. The molecule has 0 aliphatic heterocycles. The molecule has 2 heteroatoms. The van der Waals surface area contributed by atoms with Crippen LogP contribution in [0.2, 0.25) is 0 Å². The van der Waals surface area contributed by atoms with Crippen LogP contribution in [0.5, 0.6) is 0 Å². The van der Waals surface area contributed by atoms with E-state index in [-0.39, 0.29) is 0 Å². The number of hydrogen-bond acceptors (Lipinski definition) is 2. The van der Waals surface area contributed by atoms with Crippen LogP contribution in [-0.2, 0) is 0 Å². The lowest BCUT2D eigenvalue weighted by Crippen LogP contribution is -2.27. The van der Waals surface area contributed by atoms with Gasteiger partial charge in [0.15, 0.2) is 0 Å². The number of allylic oxidation sites excluding steroid dienone is 1. The highest BCUT2D eigenvalue weighted by atomic mass is 17.0. The highest BCUT2D eigenvalue weighted by molar-refractivity contribution is 5.40. The van der Waals surface area contributed by atoms with Gasteiger partial charge < -0.3 is 0 Å². The van der Waals surface area contributed by atoms with Gasteiger partial charge in [0.2, 0.25) is 10.8 Å². The first-order chi connectivity index (χ1) is 4.20. The van der Waals surface area contributed by atoms with Gasteiger partial charge in [0.25, 0.3) is 0 Å². The van der Waals surface area contributed by atoms with Gasteiger partial charge in [-0.25, -0.2) is 0 Å². The van der Waals surface area contributed by atoms with Crippen LogP contribution in [0.1, 0.15) is 6.92 Å². The molecule has 0 bridgehead atoms. The maximum absolute atomic E-state index is 4.55. The van der Waals surface area contributed by atoms with E-state index in [0.717, 1.165) is 5.57 Å². The van der Waals surface area contributed by atoms with E-state index >= 15 is 0 Å². The van der Waals surface area contributed by atoms with Crippen molar-refractivity contribution in [3.05, 3.63) is 23.0 Å². The number of hydrogen-bond donors (Lipinski definition) is 0. The third-order valence-electron chi connectivity index (χ3n) is 0.884. The van der Waals surface area contributed by atoms with E-state index < -0.39 is 0 Å². The number of rotatable bonds is 1. The molecular weight excluding hydrogens is 116 g/mol. The van der Waals surface area contributed by atoms with Gasteiger partial charge in [0, 0.05) is 0 Å². The van der Waals surface area contributed by atoms with E-state index in [9.17, 15) is 0 Å². The van der Waals surface area contributed by atoms with Gasteiger partial charge in [-0.3, -0.25) is 9.15 Å². The Morgan fingerprint density at radius 3 is 2.33 bits per heavy atom. The molecule has 0 saturated carbocycles. The Hall–Kier alpha value is -1.18. The molecule has 1 rings (SSSR count). The molecule has 0 spiro atoms. The maximum atomic E-state index is 4.55. The molecule has 48 valence electrons. The summed E-state index contributed by atoms with van der Waals surface area (Å²) in [7, 11) is 0. The molecule has 0 aliphatic rings. The van der Waals surface area contributed by atoms with E-state index in [1.165, 1.54) is 0 Å². The topological polar surface area (TPSA) is 26.3 Å². The van der Waals surface area contributed by atoms with Crippen molar-refractivity contribution >= 4 is 12.7 Å². The van der Waals surface area contributed by atoms with Crippen LogP contribution < -0.4 is 10.8 Å². The molecule has 0 amide bonds. The first-order valence-corrected chi connectivity index (χ1v) is 2.61. The average Bonchev–Trinajstić information content (AvgIpc) is 1.79. The van der Waals surface area contributed by atoms with Crippen LogP contribution >= 0.6 is 0 Å².